The van der Waals surface area contributed by atoms with Gasteiger partial charge in [-0.25, -0.2) is 4.39 Å². The SMILES string of the molecule is Cc1cc(NC(=O)c2cncc(C#Cc3[nH]nc4ccc(F)cc34)c2)ccc1CN1CCN(C)CC1. The molecule has 4 aromatic rings. The Labute approximate surface area is 209 Å². The van der Waals surface area contributed by atoms with Crippen LogP contribution >= 0.6 is 0 Å². The molecule has 2 N–H and O–H groups in total. The lowest BCUT2D eigenvalue weighted by molar-refractivity contribution is 0.102. The highest BCUT2D eigenvalue weighted by atomic mass is 19.1. The summed E-state index contributed by atoms with van der Waals surface area (Å²) < 4.78 is 13.6. The summed E-state index contributed by atoms with van der Waals surface area (Å²) in [5, 5.41) is 10.5. The van der Waals surface area contributed by atoms with E-state index < -0.39 is 0 Å². The van der Waals surface area contributed by atoms with Crippen LogP contribution in [0.3, 0.4) is 0 Å². The number of benzene rings is 2. The van der Waals surface area contributed by atoms with Gasteiger partial charge in [-0.3, -0.25) is 19.8 Å². The zero-order chi connectivity index (χ0) is 25.1. The van der Waals surface area contributed by atoms with Crippen LogP contribution in [0.5, 0.6) is 0 Å². The molecule has 1 fully saturated rings. The van der Waals surface area contributed by atoms with E-state index in [1.807, 2.05) is 12.1 Å². The summed E-state index contributed by atoms with van der Waals surface area (Å²) in [6.45, 7) is 7.28. The van der Waals surface area contributed by atoms with E-state index in [2.05, 4.69) is 62.2 Å². The molecule has 3 heterocycles. The highest BCUT2D eigenvalue weighted by Crippen LogP contribution is 2.19. The first-order valence-electron chi connectivity index (χ1n) is 11.9. The summed E-state index contributed by atoms with van der Waals surface area (Å²) in [5.41, 5.74) is 5.27. The van der Waals surface area contributed by atoms with Gasteiger partial charge in [0.15, 0.2) is 0 Å². The molecule has 0 aliphatic carbocycles. The molecule has 1 aliphatic heterocycles. The van der Waals surface area contributed by atoms with Gasteiger partial charge in [-0.2, -0.15) is 5.10 Å². The Morgan fingerprint density at radius 3 is 2.72 bits per heavy atom. The minimum absolute atomic E-state index is 0.258. The number of aryl methyl sites for hydroxylation is 1. The molecular formula is C28H27FN6O. The number of nitrogens with one attached hydrogen (secondary N) is 2. The van der Waals surface area contributed by atoms with Gasteiger partial charge in [0.25, 0.3) is 5.91 Å². The van der Waals surface area contributed by atoms with Gasteiger partial charge >= 0.3 is 0 Å². The van der Waals surface area contributed by atoms with Crippen molar-refractivity contribution in [3.63, 3.8) is 0 Å². The average molecular weight is 483 g/mol. The Kier molecular flexibility index (Phi) is 6.76. The number of H-pyrrole nitrogens is 1. The van der Waals surface area contributed by atoms with Gasteiger partial charge in [0, 0.05) is 61.8 Å². The number of rotatable bonds is 4. The van der Waals surface area contributed by atoms with Gasteiger partial charge in [-0.1, -0.05) is 12.0 Å². The Morgan fingerprint density at radius 2 is 1.92 bits per heavy atom. The quantitative estimate of drug-likeness (QED) is 0.433. The number of amides is 1. The number of fused-ring (bicyclic) bond motifs is 1. The predicted octanol–water partition coefficient (Wildman–Crippen LogP) is 3.80. The number of carbonyl (C=O) groups is 1. The number of halogens is 1. The molecule has 8 heteroatoms. The van der Waals surface area contributed by atoms with E-state index in [0.29, 0.717) is 27.7 Å². The predicted molar refractivity (Wildman–Crippen MR) is 138 cm³/mol. The first-order valence-corrected chi connectivity index (χ1v) is 11.9. The van der Waals surface area contributed by atoms with Crippen molar-refractivity contribution < 1.29 is 9.18 Å². The van der Waals surface area contributed by atoms with Crippen LogP contribution in [0.1, 0.15) is 32.7 Å². The Balaban J connectivity index is 1.26. The molecule has 0 atom stereocenters. The van der Waals surface area contributed by atoms with E-state index in [1.165, 1.54) is 23.9 Å². The lowest BCUT2D eigenvalue weighted by atomic mass is 10.1. The molecule has 2 aromatic heterocycles. The van der Waals surface area contributed by atoms with Crippen LogP contribution in [0.15, 0.2) is 54.9 Å². The summed E-state index contributed by atoms with van der Waals surface area (Å²) in [6.07, 6.45) is 3.09. The number of hydrogen-bond donors (Lipinski definition) is 2. The second-order valence-corrected chi connectivity index (χ2v) is 9.15. The van der Waals surface area contributed by atoms with Crippen LogP contribution in [0, 0.1) is 24.6 Å². The Hall–Kier alpha value is -4.06. The zero-order valence-electron chi connectivity index (χ0n) is 20.3. The highest BCUT2D eigenvalue weighted by molar-refractivity contribution is 6.04. The summed E-state index contributed by atoms with van der Waals surface area (Å²) >= 11 is 0. The topological polar surface area (TPSA) is 77.1 Å². The number of aromatic amines is 1. The molecule has 0 radical (unpaired) electrons. The van der Waals surface area contributed by atoms with Crippen molar-refractivity contribution in [2.75, 3.05) is 38.5 Å². The fourth-order valence-corrected chi connectivity index (χ4v) is 4.25. The van der Waals surface area contributed by atoms with Gasteiger partial charge in [-0.15, -0.1) is 0 Å². The fourth-order valence-electron chi connectivity index (χ4n) is 4.25. The third kappa shape index (κ3) is 5.43. The van der Waals surface area contributed by atoms with Crippen LogP contribution in [0.4, 0.5) is 10.1 Å². The minimum Gasteiger partial charge on any atom is -0.322 e. The largest absolute Gasteiger partial charge is 0.322 e. The van der Waals surface area contributed by atoms with Gasteiger partial charge in [0.1, 0.15) is 11.5 Å². The summed E-state index contributed by atoms with van der Waals surface area (Å²) in [6, 6.07) is 12.1. The molecule has 0 bridgehead atoms. The number of anilines is 1. The summed E-state index contributed by atoms with van der Waals surface area (Å²) in [5.74, 6) is 5.34. The van der Waals surface area contributed by atoms with Crippen molar-refractivity contribution in [1.82, 2.24) is 25.0 Å². The lowest BCUT2D eigenvalue weighted by Gasteiger charge is -2.32. The molecule has 0 saturated carbocycles. The van der Waals surface area contributed by atoms with Crippen molar-refractivity contribution >= 4 is 22.5 Å². The number of pyridine rings is 1. The summed E-state index contributed by atoms with van der Waals surface area (Å²) in [7, 11) is 2.15. The van der Waals surface area contributed by atoms with Crippen molar-refractivity contribution in [2.24, 2.45) is 0 Å². The minimum atomic E-state index is -0.352. The molecular weight excluding hydrogens is 455 g/mol. The van der Waals surface area contributed by atoms with Gasteiger partial charge in [-0.05, 0) is 67.4 Å². The first kappa shape index (κ1) is 23.7. The number of aromatic nitrogens is 3. The maximum atomic E-state index is 13.6. The molecule has 7 nitrogen and oxygen atoms in total. The van der Waals surface area contributed by atoms with Crippen LogP contribution in [-0.2, 0) is 6.54 Å². The van der Waals surface area contributed by atoms with Crippen molar-refractivity contribution in [2.45, 2.75) is 13.5 Å². The van der Waals surface area contributed by atoms with E-state index in [4.69, 9.17) is 0 Å². The van der Waals surface area contributed by atoms with E-state index in [-0.39, 0.29) is 11.7 Å². The second-order valence-electron chi connectivity index (χ2n) is 9.15. The van der Waals surface area contributed by atoms with Crippen LogP contribution in [-0.4, -0.2) is 64.1 Å². The lowest BCUT2D eigenvalue weighted by Crippen LogP contribution is -2.43. The number of piperazine rings is 1. The summed E-state index contributed by atoms with van der Waals surface area (Å²) in [4.78, 5) is 21.9. The van der Waals surface area contributed by atoms with Crippen molar-refractivity contribution in [3.8, 4) is 11.8 Å². The molecule has 2 aromatic carbocycles. The van der Waals surface area contributed by atoms with E-state index in [1.54, 1.807) is 18.3 Å². The standard InChI is InChI=1S/C28H27FN6O/c1-19-13-24(6-4-21(19)18-35-11-9-34(2)10-12-35)31-28(36)22-14-20(16-30-17-22)3-7-26-25-15-23(29)5-8-27(25)33-32-26/h4-6,8,13-17H,9-12,18H2,1-2H3,(H,31,36)(H,32,33). The van der Waals surface area contributed by atoms with Crippen LogP contribution in [0.2, 0.25) is 0 Å². The van der Waals surface area contributed by atoms with Gasteiger partial charge in [0.2, 0.25) is 0 Å². The second kappa shape index (κ2) is 10.3. The fraction of sp³-hybridized carbons (Fsp3) is 0.250. The molecule has 5 rings (SSSR count). The third-order valence-electron chi connectivity index (χ3n) is 6.44. The maximum Gasteiger partial charge on any atom is 0.257 e. The van der Waals surface area contributed by atoms with Crippen molar-refractivity contribution in [1.29, 1.82) is 0 Å². The Bertz CT molecular complexity index is 1480. The van der Waals surface area contributed by atoms with E-state index in [9.17, 15) is 9.18 Å². The smallest absolute Gasteiger partial charge is 0.257 e. The number of likely N-dealkylation sites (N-methyl/N-ethyl adjacent to an activating group) is 1. The number of nitrogens with zero attached hydrogens (tertiary/aromatic N) is 4. The molecule has 0 unspecified atom stereocenters. The highest BCUT2D eigenvalue weighted by Gasteiger charge is 2.15. The van der Waals surface area contributed by atoms with Gasteiger partial charge < -0.3 is 10.2 Å². The van der Waals surface area contributed by atoms with Crippen molar-refractivity contribution in [3.05, 3.63) is 88.6 Å². The number of carbonyl (C=O) groups excluding carboxylic acids is 1. The van der Waals surface area contributed by atoms with Crippen LogP contribution in [0.25, 0.3) is 10.9 Å². The number of hydrogen-bond acceptors (Lipinski definition) is 5. The third-order valence-corrected chi connectivity index (χ3v) is 6.44. The van der Waals surface area contributed by atoms with E-state index in [0.717, 1.165) is 44.0 Å². The zero-order valence-corrected chi connectivity index (χ0v) is 20.3. The molecule has 1 aliphatic rings. The van der Waals surface area contributed by atoms with E-state index >= 15 is 0 Å². The Morgan fingerprint density at radius 1 is 1.08 bits per heavy atom. The van der Waals surface area contributed by atoms with Crippen LogP contribution < -0.4 is 5.32 Å². The maximum absolute atomic E-state index is 13.6. The first-order chi connectivity index (χ1) is 17.4. The van der Waals surface area contributed by atoms with Gasteiger partial charge in [0.05, 0.1) is 11.1 Å². The molecule has 0 spiro atoms. The monoisotopic (exact) mass is 482 g/mol. The molecule has 182 valence electrons. The molecule has 1 amide bonds. The average Bonchev–Trinajstić information content (AvgIpc) is 3.28. The normalized spacial score (nSPS) is 14.4. The molecule has 36 heavy (non-hydrogen) atoms. The molecule has 1 saturated heterocycles.